The SMILES string of the molecule is CCCn1ncnc1CS(=O)(=O)CC(O)COc1cccc(C(F)(F)F)c1. The highest BCUT2D eigenvalue weighted by Crippen LogP contribution is 2.31. The maximum absolute atomic E-state index is 12.7. The molecule has 0 saturated heterocycles. The summed E-state index contributed by atoms with van der Waals surface area (Å²) >= 11 is 0. The molecule has 0 fully saturated rings. The lowest BCUT2D eigenvalue weighted by Gasteiger charge is -2.14. The second-order valence-corrected chi connectivity index (χ2v) is 8.05. The number of aliphatic hydroxyl groups excluding tert-OH is 1. The topological polar surface area (TPSA) is 94.3 Å². The molecule has 27 heavy (non-hydrogen) atoms. The Hall–Kier alpha value is -2.14. The molecular formula is C16H20F3N3O4S. The Kier molecular flexibility index (Phi) is 6.82. The molecule has 1 heterocycles. The molecular weight excluding hydrogens is 387 g/mol. The summed E-state index contributed by atoms with van der Waals surface area (Å²) in [6, 6.07) is 4.14. The summed E-state index contributed by atoms with van der Waals surface area (Å²) in [4.78, 5) is 3.91. The minimum absolute atomic E-state index is 0.107. The van der Waals surface area contributed by atoms with Gasteiger partial charge in [-0.3, -0.25) is 0 Å². The largest absolute Gasteiger partial charge is 0.491 e. The number of hydrogen-bond donors (Lipinski definition) is 1. The molecule has 2 rings (SSSR count). The predicted molar refractivity (Wildman–Crippen MR) is 90.7 cm³/mol. The molecule has 0 amide bonds. The summed E-state index contributed by atoms with van der Waals surface area (Å²) in [6.07, 6.45) is -3.90. The second kappa shape index (κ2) is 8.70. The summed E-state index contributed by atoms with van der Waals surface area (Å²) in [7, 11) is -3.71. The molecule has 2 aromatic rings. The van der Waals surface area contributed by atoms with E-state index in [1.165, 1.54) is 23.1 Å². The number of halogens is 3. The fourth-order valence-corrected chi connectivity index (χ4v) is 3.77. The van der Waals surface area contributed by atoms with E-state index in [0.29, 0.717) is 6.54 Å². The number of sulfone groups is 1. The van der Waals surface area contributed by atoms with Gasteiger partial charge in [-0.2, -0.15) is 18.3 Å². The number of ether oxygens (including phenoxy) is 1. The van der Waals surface area contributed by atoms with Gasteiger partial charge in [0.05, 0.1) is 11.3 Å². The van der Waals surface area contributed by atoms with Gasteiger partial charge in [0, 0.05) is 6.54 Å². The first-order valence-electron chi connectivity index (χ1n) is 8.16. The zero-order chi connectivity index (χ0) is 20.1. The fraction of sp³-hybridized carbons (Fsp3) is 0.500. The minimum Gasteiger partial charge on any atom is -0.491 e. The van der Waals surface area contributed by atoms with E-state index < -0.39 is 45.8 Å². The molecule has 0 spiro atoms. The molecule has 0 radical (unpaired) electrons. The van der Waals surface area contributed by atoms with Crippen molar-refractivity contribution >= 4 is 9.84 Å². The Morgan fingerprint density at radius 3 is 2.74 bits per heavy atom. The van der Waals surface area contributed by atoms with Crippen molar-refractivity contribution in [2.45, 2.75) is 37.9 Å². The number of nitrogens with zero attached hydrogens (tertiary/aromatic N) is 3. The van der Waals surface area contributed by atoms with Crippen LogP contribution in [0.2, 0.25) is 0 Å². The summed E-state index contributed by atoms with van der Waals surface area (Å²) < 4.78 is 69.0. The van der Waals surface area contributed by atoms with Gasteiger partial charge in [-0.1, -0.05) is 13.0 Å². The third-order valence-electron chi connectivity index (χ3n) is 3.53. The molecule has 0 bridgehead atoms. The van der Waals surface area contributed by atoms with E-state index in [4.69, 9.17) is 4.74 Å². The van der Waals surface area contributed by atoms with E-state index in [2.05, 4.69) is 10.1 Å². The van der Waals surface area contributed by atoms with Crippen LogP contribution in [-0.2, 0) is 28.3 Å². The van der Waals surface area contributed by atoms with Crippen molar-refractivity contribution in [2.75, 3.05) is 12.4 Å². The first kappa shape index (κ1) is 21.2. The van der Waals surface area contributed by atoms with Crippen molar-refractivity contribution in [3.8, 4) is 5.75 Å². The molecule has 1 N–H and O–H groups in total. The fourth-order valence-electron chi connectivity index (χ4n) is 2.35. The van der Waals surface area contributed by atoms with Crippen LogP contribution in [0.5, 0.6) is 5.75 Å². The molecule has 1 aromatic heterocycles. The van der Waals surface area contributed by atoms with Crippen molar-refractivity contribution < 1.29 is 31.4 Å². The standard InChI is InChI=1S/C16H20F3N3O4S/c1-2-6-22-15(20-11-21-22)10-27(24,25)9-13(23)8-26-14-5-3-4-12(7-14)16(17,18)19/h3-5,7,11,13,23H,2,6,8-10H2,1H3. The average Bonchev–Trinajstić information content (AvgIpc) is 2.98. The Balaban J connectivity index is 1.93. The number of aliphatic hydroxyl groups is 1. The van der Waals surface area contributed by atoms with Crippen LogP contribution in [0.1, 0.15) is 24.7 Å². The summed E-state index contributed by atoms with van der Waals surface area (Å²) in [6.45, 7) is 1.98. The van der Waals surface area contributed by atoms with E-state index in [0.717, 1.165) is 18.6 Å². The van der Waals surface area contributed by atoms with Gasteiger partial charge < -0.3 is 9.84 Å². The molecule has 1 atom stereocenters. The van der Waals surface area contributed by atoms with Gasteiger partial charge in [0.1, 0.15) is 36.4 Å². The predicted octanol–water partition coefficient (Wildman–Crippen LogP) is 2.06. The van der Waals surface area contributed by atoms with E-state index >= 15 is 0 Å². The molecule has 0 aliphatic carbocycles. The maximum atomic E-state index is 12.7. The van der Waals surface area contributed by atoms with Crippen molar-refractivity contribution in [3.05, 3.63) is 42.0 Å². The van der Waals surface area contributed by atoms with Crippen molar-refractivity contribution in [2.24, 2.45) is 0 Å². The summed E-state index contributed by atoms with van der Waals surface area (Å²) in [5.74, 6) is -0.842. The third-order valence-corrected chi connectivity index (χ3v) is 5.12. The minimum atomic E-state index is -4.52. The van der Waals surface area contributed by atoms with E-state index in [9.17, 15) is 26.7 Å². The molecule has 11 heteroatoms. The zero-order valence-electron chi connectivity index (χ0n) is 14.6. The summed E-state index contributed by atoms with van der Waals surface area (Å²) in [5.41, 5.74) is -0.891. The lowest BCUT2D eigenvalue weighted by Crippen LogP contribution is -2.28. The monoisotopic (exact) mass is 407 g/mol. The Morgan fingerprint density at radius 2 is 2.07 bits per heavy atom. The molecule has 1 aromatic carbocycles. The first-order valence-corrected chi connectivity index (χ1v) is 9.98. The highest BCUT2D eigenvalue weighted by molar-refractivity contribution is 7.90. The number of aryl methyl sites for hydroxylation is 1. The van der Waals surface area contributed by atoms with Crippen LogP contribution in [-0.4, -0.2) is 46.8 Å². The molecule has 150 valence electrons. The van der Waals surface area contributed by atoms with Crippen LogP contribution in [0.4, 0.5) is 13.2 Å². The maximum Gasteiger partial charge on any atom is 0.416 e. The van der Waals surface area contributed by atoms with E-state index in [1.54, 1.807) is 0 Å². The third kappa shape index (κ3) is 6.51. The van der Waals surface area contributed by atoms with Gasteiger partial charge in [-0.25, -0.2) is 18.1 Å². The van der Waals surface area contributed by atoms with Crippen LogP contribution in [0.3, 0.4) is 0 Å². The Bertz CT molecular complexity index is 853. The van der Waals surface area contributed by atoms with Crippen molar-refractivity contribution in [3.63, 3.8) is 0 Å². The number of rotatable bonds is 9. The normalized spacial score (nSPS) is 13.5. The molecule has 0 aliphatic heterocycles. The molecule has 0 saturated carbocycles. The number of hydrogen-bond acceptors (Lipinski definition) is 6. The van der Waals surface area contributed by atoms with Crippen molar-refractivity contribution in [1.29, 1.82) is 0 Å². The van der Waals surface area contributed by atoms with Gasteiger partial charge in [0.2, 0.25) is 0 Å². The Labute approximate surface area is 154 Å². The van der Waals surface area contributed by atoms with Gasteiger partial charge >= 0.3 is 6.18 Å². The smallest absolute Gasteiger partial charge is 0.416 e. The quantitative estimate of drug-likeness (QED) is 0.684. The van der Waals surface area contributed by atoms with Gasteiger partial charge in [0.25, 0.3) is 0 Å². The summed E-state index contributed by atoms with van der Waals surface area (Å²) in [5, 5.41) is 13.8. The lowest BCUT2D eigenvalue weighted by molar-refractivity contribution is -0.137. The van der Waals surface area contributed by atoms with Crippen LogP contribution in [0, 0.1) is 0 Å². The van der Waals surface area contributed by atoms with Crippen molar-refractivity contribution in [1.82, 2.24) is 14.8 Å². The van der Waals surface area contributed by atoms with Crippen LogP contribution in [0.25, 0.3) is 0 Å². The lowest BCUT2D eigenvalue weighted by atomic mass is 10.2. The number of alkyl halides is 3. The van der Waals surface area contributed by atoms with Crippen LogP contribution < -0.4 is 4.74 Å². The van der Waals surface area contributed by atoms with Gasteiger partial charge in [-0.15, -0.1) is 0 Å². The van der Waals surface area contributed by atoms with Crippen LogP contribution >= 0.6 is 0 Å². The number of aromatic nitrogens is 3. The van der Waals surface area contributed by atoms with Gasteiger partial charge in [-0.05, 0) is 24.6 Å². The molecule has 1 unspecified atom stereocenters. The molecule has 0 aliphatic rings. The molecule has 7 nitrogen and oxygen atoms in total. The average molecular weight is 407 g/mol. The Morgan fingerprint density at radius 1 is 1.33 bits per heavy atom. The second-order valence-electron chi connectivity index (χ2n) is 5.94. The highest BCUT2D eigenvalue weighted by Gasteiger charge is 2.30. The van der Waals surface area contributed by atoms with Gasteiger partial charge in [0.15, 0.2) is 9.84 Å². The van der Waals surface area contributed by atoms with E-state index in [-0.39, 0.29) is 11.6 Å². The number of benzene rings is 1. The first-order chi connectivity index (χ1) is 12.6. The van der Waals surface area contributed by atoms with Crippen LogP contribution in [0.15, 0.2) is 30.6 Å². The van der Waals surface area contributed by atoms with E-state index in [1.807, 2.05) is 6.92 Å². The highest BCUT2D eigenvalue weighted by atomic mass is 32.2. The zero-order valence-corrected chi connectivity index (χ0v) is 15.4.